The largest absolute Gasteiger partial charge is 0.497 e. The van der Waals surface area contributed by atoms with E-state index in [1.807, 2.05) is 14.1 Å². The van der Waals surface area contributed by atoms with Gasteiger partial charge in [-0.15, -0.1) is 0 Å². The number of benzene rings is 1. The lowest BCUT2D eigenvalue weighted by atomic mass is 10.2. The summed E-state index contributed by atoms with van der Waals surface area (Å²) in [6.45, 7) is 0. The van der Waals surface area contributed by atoms with E-state index >= 15 is 0 Å². The molecule has 0 saturated carbocycles. The quantitative estimate of drug-likeness (QED) is 0.919. The van der Waals surface area contributed by atoms with E-state index in [4.69, 9.17) is 4.74 Å². The van der Waals surface area contributed by atoms with Crippen LogP contribution in [0.3, 0.4) is 0 Å². The van der Waals surface area contributed by atoms with E-state index in [0.29, 0.717) is 22.9 Å². The van der Waals surface area contributed by atoms with Crippen LogP contribution in [0, 0.1) is 0 Å². The first-order valence-corrected chi connectivity index (χ1v) is 6.05. The fraction of sp³-hybridized carbons (Fsp3) is 0.214. The molecule has 6 nitrogen and oxygen atoms in total. The van der Waals surface area contributed by atoms with Gasteiger partial charge >= 0.3 is 0 Å². The number of amides is 1. The van der Waals surface area contributed by atoms with E-state index in [1.54, 1.807) is 48.7 Å². The van der Waals surface area contributed by atoms with Crippen molar-refractivity contribution in [3.8, 4) is 5.75 Å². The van der Waals surface area contributed by atoms with Gasteiger partial charge in [-0.2, -0.15) is 0 Å². The lowest BCUT2D eigenvalue weighted by Crippen LogP contribution is -2.15. The van der Waals surface area contributed by atoms with Gasteiger partial charge in [0.05, 0.1) is 25.2 Å². The van der Waals surface area contributed by atoms with Crippen molar-refractivity contribution in [1.82, 2.24) is 9.97 Å². The molecule has 0 fully saturated rings. The zero-order valence-electron chi connectivity index (χ0n) is 11.6. The summed E-state index contributed by atoms with van der Waals surface area (Å²) in [6.07, 6.45) is 3.14. The second-order valence-electron chi connectivity index (χ2n) is 4.35. The van der Waals surface area contributed by atoms with Crippen LogP contribution >= 0.6 is 0 Å². The number of anilines is 2. The average molecular weight is 272 g/mol. The Morgan fingerprint density at radius 2 is 1.95 bits per heavy atom. The highest BCUT2D eigenvalue weighted by atomic mass is 16.5. The second kappa shape index (κ2) is 6.01. The number of ether oxygens (including phenoxy) is 1. The van der Waals surface area contributed by atoms with Gasteiger partial charge in [0.1, 0.15) is 5.75 Å². The molecule has 1 aromatic heterocycles. The molecule has 104 valence electrons. The van der Waals surface area contributed by atoms with Gasteiger partial charge in [-0.1, -0.05) is 6.07 Å². The third-order valence-corrected chi connectivity index (χ3v) is 2.63. The number of carbonyl (C=O) groups is 1. The Morgan fingerprint density at radius 1 is 1.25 bits per heavy atom. The number of rotatable bonds is 4. The number of nitrogens with zero attached hydrogens (tertiary/aromatic N) is 3. The summed E-state index contributed by atoms with van der Waals surface area (Å²) in [4.78, 5) is 22.1. The molecule has 1 heterocycles. The Kier molecular flexibility index (Phi) is 4.14. The maximum Gasteiger partial charge on any atom is 0.255 e. The maximum absolute atomic E-state index is 12.1. The minimum atomic E-state index is -0.231. The smallest absolute Gasteiger partial charge is 0.255 e. The predicted octanol–water partition coefficient (Wildman–Crippen LogP) is 1.80. The van der Waals surface area contributed by atoms with Crippen LogP contribution in [0.2, 0.25) is 0 Å². The fourth-order valence-corrected chi connectivity index (χ4v) is 1.58. The molecule has 1 amide bonds. The van der Waals surface area contributed by atoms with Crippen molar-refractivity contribution in [2.24, 2.45) is 0 Å². The molecule has 0 atom stereocenters. The third-order valence-electron chi connectivity index (χ3n) is 2.63. The number of nitrogens with one attached hydrogen (secondary N) is 1. The molecule has 20 heavy (non-hydrogen) atoms. The van der Waals surface area contributed by atoms with Crippen molar-refractivity contribution in [1.29, 1.82) is 0 Å². The Hall–Kier alpha value is -2.63. The molecule has 0 aliphatic heterocycles. The van der Waals surface area contributed by atoms with Gasteiger partial charge in [-0.05, 0) is 18.2 Å². The molecule has 0 unspecified atom stereocenters. The van der Waals surface area contributed by atoms with Crippen molar-refractivity contribution in [2.45, 2.75) is 0 Å². The summed E-state index contributed by atoms with van der Waals surface area (Å²) >= 11 is 0. The highest BCUT2D eigenvalue weighted by Crippen LogP contribution is 2.14. The van der Waals surface area contributed by atoms with Crippen molar-refractivity contribution >= 4 is 17.5 Å². The molecule has 0 radical (unpaired) electrons. The third kappa shape index (κ3) is 3.23. The number of aromatic nitrogens is 2. The van der Waals surface area contributed by atoms with Gasteiger partial charge in [0.15, 0.2) is 0 Å². The predicted molar refractivity (Wildman–Crippen MR) is 77.3 cm³/mol. The van der Waals surface area contributed by atoms with Crippen molar-refractivity contribution in [2.75, 3.05) is 31.4 Å². The van der Waals surface area contributed by atoms with Gasteiger partial charge in [-0.3, -0.25) is 4.79 Å². The van der Waals surface area contributed by atoms with Crippen molar-refractivity contribution in [3.63, 3.8) is 0 Å². The molecule has 1 aromatic carbocycles. The number of hydrogen-bond donors (Lipinski definition) is 1. The van der Waals surface area contributed by atoms with Gasteiger partial charge in [0, 0.05) is 19.7 Å². The van der Waals surface area contributed by atoms with Crippen LogP contribution in [0.1, 0.15) is 10.4 Å². The molecule has 0 aliphatic rings. The molecule has 1 N–H and O–H groups in total. The summed E-state index contributed by atoms with van der Waals surface area (Å²) in [6, 6.07) is 6.93. The van der Waals surface area contributed by atoms with Crippen LogP contribution in [-0.4, -0.2) is 37.1 Å². The minimum Gasteiger partial charge on any atom is -0.497 e. The molecular weight excluding hydrogens is 256 g/mol. The highest BCUT2D eigenvalue weighted by molar-refractivity contribution is 6.04. The van der Waals surface area contributed by atoms with Crippen LogP contribution in [0.5, 0.6) is 5.75 Å². The zero-order valence-corrected chi connectivity index (χ0v) is 11.6. The van der Waals surface area contributed by atoms with E-state index in [9.17, 15) is 4.79 Å². The Balaban J connectivity index is 2.10. The van der Waals surface area contributed by atoms with Gasteiger partial charge in [0.25, 0.3) is 5.91 Å². The zero-order chi connectivity index (χ0) is 14.5. The van der Waals surface area contributed by atoms with Crippen molar-refractivity contribution < 1.29 is 9.53 Å². The van der Waals surface area contributed by atoms with E-state index in [2.05, 4.69) is 15.3 Å². The summed E-state index contributed by atoms with van der Waals surface area (Å²) in [5, 5.41) is 2.74. The van der Waals surface area contributed by atoms with E-state index < -0.39 is 0 Å². The van der Waals surface area contributed by atoms with Gasteiger partial charge in [0.2, 0.25) is 5.95 Å². The van der Waals surface area contributed by atoms with Crippen LogP contribution < -0.4 is 15.0 Å². The Bertz CT molecular complexity index is 596. The number of carbonyl (C=O) groups excluding carboxylic acids is 1. The van der Waals surface area contributed by atoms with Gasteiger partial charge in [-0.25, -0.2) is 9.97 Å². The normalized spacial score (nSPS) is 9.95. The van der Waals surface area contributed by atoms with E-state index in [-0.39, 0.29) is 5.91 Å². The molecule has 2 aromatic rings. The summed E-state index contributed by atoms with van der Waals surface area (Å²) < 4.78 is 5.09. The Morgan fingerprint density at radius 3 is 2.55 bits per heavy atom. The molecule has 0 bridgehead atoms. The lowest BCUT2D eigenvalue weighted by molar-refractivity contribution is 0.102. The molecule has 2 rings (SSSR count). The van der Waals surface area contributed by atoms with Crippen LogP contribution in [-0.2, 0) is 0 Å². The van der Waals surface area contributed by atoms with Gasteiger partial charge < -0.3 is 15.0 Å². The molecule has 0 spiro atoms. The summed E-state index contributed by atoms with van der Waals surface area (Å²) in [7, 11) is 5.26. The minimum absolute atomic E-state index is 0.231. The average Bonchev–Trinajstić information content (AvgIpc) is 2.47. The standard InChI is InChI=1S/C14H16N4O2/c1-18(2)14-15-8-11(9-16-14)17-13(19)10-5-4-6-12(7-10)20-3/h4-9H,1-3H3,(H,17,19). The number of hydrogen-bond acceptors (Lipinski definition) is 5. The molecule has 0 aliphatic carbocycles. The highest BCUT2D eigenvalue weighted by Gasteiger charge is 2.08. The van der Waals surface area contributed by atoms with Crippen LogP contribution in [0.25, 0.3) is 0 Å². The first-order chi connectivity index (χ1) is 9.60. The van der Waals surface area contributed by atoms with E-state index in [0.717, 1.165) is 0 Å². The summed E-state index contributed by atoms with van der Waals surface area (Å²) in [5.41, 5.74) is 1.06. The summed E-state index contributed by atoms with van der Waals surface area (Å²) in [5.74, 6) is 0.992. The first-order valence-electron chi connectivity index (χ1n) is 6.05. The second-order valence-corrected chi connectivity index (χ2v) is 4.35. The maximum atomic E-state index is 12.1. The molecule has 0 saturated heterocycles. The van der Waals surface area contributed by atoms with Crippen LogP contribution in [0.15, 0.2) is 36.7 Å². The topological polar surface area (TPSA) is 67.3 Å². The lowest BCUT2D eigenvalue weighted by Gasteiger charge is -2.10. The van der Waals surface area contributed by atoms with Crippen LogP contribution in [0.4, 0.5) is 11.6 Å². The molecular formula is C14H16N4O2. The molecule has 6 heteroatoms. The Labute approximate surface area is 117 Å². The monoisotopic (exact) mass is 272 g/mol. The SMILES string of the molecule is COc1cccc(C(=O)Nc2cnc(N(C)C)nc2)c1. The van der Waals surface area contributed by atoms with Crippen molar-refractivity contribution in [3.05, 3.63) is 42.2 Å². The van der Waals surface area contributed by atoms with E-state index in [1.165, 1.54) is 0 Å². The first kappa shape index (κ1) is 13.8. The fourth-order valence-electron chi connectivity index (χ4n) is 1.58. The number of methoxy groups -OCH3 is 1.